The summed E-state index contributed by atoms with van der Waals surface area (Å²) in [7, 11) is 0. The first-order valence-corrected chi connectivity index (χ1v) is 10.1. The molecule has 2 nitrogen and oxygen atoms in total. The Morgan fingerprint density at radius 2 is 1.79 bits per heavy atom. The van der Waals surface area contributed by atoms with Crippen molar-refractivity contribution in [1.29, 1.82) is 0 Å². The predicted molar refractivity (Wildman–Crippen MR) is 105 cm³/mol. The third kappa shape index (κ3) is 3.64. The van der Waals surface area contributed by atoms with Crippen LogP contribution in [0, 0.1) is 11.8 Å². The van der Waals surface area contributed by atoms with E-state index in [2.05, 4.69) is 61.8 Å². The summed E-state index contributed by atoms with van der Waals surface area (Å²) in [5.74, 6) is 1.56. The number of para-hydroxylation sites is 1. The van der Waals surface area contributed by atoms with Gasteiger partial charge in [0, 0.05) is 38.4 Å². The van der Waals surface area contributed by atoms with E-state index in [0.29, 0.717) is 5.41 Å². The Hall–Kier alpha value is -1.02. The van der Waals surface area contributed by atoms with Gasteiger partial charge in [0.1, 0.15) is 0 Å². The topological polar surface area (TPSA) is 6.48 Å². The smallest absolute Gasteiger partial charge is 0.0405 e. The van der Waals surface area contributed by atoms with Crippen LogP contribution < -0.4 is 4.90 Å². The van der Waals surface area contributed by atoms with Crippen LogP contribution in [0.3, 0.4) is 0 Å². The Morgan fingerprint density at radius 3 is 2.46 bits per heavy atom. The first-order valence-electron chi connectivity index (χ1n) is 10.1. The monoisotopic (exact) mass is 328 g/mol. The fourth-order valence-corrected chi connectivity index (χ4v) is 4.83. The average molecular weight is 329 g/mol. The summed E-state index contributed by atoms with van der Waals surface area (Å²) in [6.45, 7) is 15.6. The van der Waals surface area contributed by atoms with E-state index in [4.69, 9.17) is 0 Å². The molecular weight excluding hydrogens is 292 g/mol. The molecule has 0 N–H and O–H groups in total. The molecule has 0 spiro atoms. The molecule has 1 heterocycles. The van der Waals surface area contributed by atoms with E-state index in [1.54, 1.807) is 5.56 Å². The SMILES string of the molecule is CC(C)CN1CCN(c2ccccc2C2(C)CCCCC2C)CC1. The number of benzene rings is 1. The molecule has 0 radical (unpaired) electrons. The van der Waals surface area contributed by atoms with Gasteiger partial charge < -0.3 is 4.90 Å². The van der Waals surface area contributed by atoms with Gasteiger partial charge in [0.25, 0.3) is 0 Å². The third-order valence-electron chi connectivity index (χ3n) is 6.53. The first-order chi connectivity index (χ1) is 11.5. The molecule has 1 aliphatic carbocycles. The second kappa shape index (κ2) is 7.47. The normalized spacial score (nSPS) is 29.2. The zero-order valence-electron chi connectivity index (χ0n) is 16.2. The number of piperazine rings is 1. The maximum Gasteiger partial charge on any atom is 0.0405 e. The zero-order valence-corrected chi connectivity index (χ0v) is 16.2. The van der Waals surface area contributed by atoms with Gasteiger partial charge >= 0.3 is 0 Å². The highest BCUT2D eigenvalue weighted by Gasteiger charge is 2.37. The van der Waals surface area contributed by atoms with Crippen LogP contribution in [0.4, 0.5) is 5.69 Å². The summed E-state index contributed by atoms with van der Waals surface area (Å²) in [5.41, 5.74) is 3.47. The quantitative estimate of drug-likeness (QED) is 0.773. The maximum atomic E-state index is 2.65. The summed E-state index contributed by atoms with van der Waals surface area (Å²) in [5, 5.41) is 0. The number of nitrogens with zero attached hydrogens (tertiary/aromatic N) is 2. The minimum Gasteiger partial charge on any atom is -0.369 e. The lowest BCUT2D eigenvalue weighted by Gasteiger charge is -2.44. The van der Waals surface area contributed by atoms with E-state index in [1.807, 2.05) is 0 Å². The van der Waals surface area contributed by atoms with Crippen molar-refractivity contribution in [2.24, 2.45) is 11.8 Å². The fourth-order valence-electron chi connectivity index (χ4n) is 4.83. The highest BCUT2D eigenvalue weighted by molar-refractivity contribution is 5.57. The molecule has 1 saturated carbocycles. The van der Waals surface area contributed by atoms with Crippen molar-refractivity contribution in [3.05, 3.63) is 29.8 Å². The molecule has 1 aromatic rings. The average Bonchev–Trinajstić information content (AvgIpc) is 2.58. The summed E-state index contributed by atoms with van der Waals surface area (Å²) >= 11 is 0. The summed E-state index contributed by atoms with van der Waals surface area (Å²) in [4.78, 5) is 5.29. The highest BCUT2D eigenvalue weighted by atomic mass is 15.3. The Balaban J connectivity index is 1.78. The van der Waals surface area contributed by atoms with Crippen molar-refractivity contribution in [2.45, 2.75) is 58.8 Å². The highest BCUT2D eigenvalue weighted by Crippen LogP contribution is 2.46. The van der Waals surface area contributed by atoms with Crippen molar-refractivity contribution in [3.63, 3.8) is 0 Å². The van der Waals surface area contributed by atoms with E-state index in [1.165, 1.54) is 64.1 Å². The van der Waals surface area contributed by atoms with Gasteiger partial charge in [-0.1, -0.05) is 58.7 Å². The van der Waals surface area contributed by atoms with Crippen molar-refractivity contribution >= 4 is 5.69 Å². The molecule has 2 heteroatoms. The molecule has 134 valence electrons. The van der Waals surface area contributed by atoms with Crippen LogP contribution in [0.15, 0.2) is 24.3 Å². The lowest BCUT2D eigenvalue weighted by molar-refractivity contribution is 0.218. The van der Waals surface area contributed by atoms with Crippen molar-refractivity contribution in [1.82, 2.24) is 4.90 Å². The van der Waals surface area contributed by atoms with E-state index in [0.717, 1.165) is 11.8 Å². The van der Waals surface area contributed by atoms with Gasteiger partial charge in [0.15, 0.2) is 0 Å². The summed E-state index contributed by atoms with van der Waals surface area (Å²) in [6, 6.07) is 9.27. The lowest BCUT2D eigenvalue weighted by atomic mass is 9.64. The van der Waals surface area contributed by atoms with Crippen LogP contribution in [0.25, 0.3) is 0 Å². The Bertz CT molecular complexity index is 531. The standard InChI is InChI=1S/C22H36N2/c1-18(2)17-23-13-15-24(16-14-23)21-11-6-5-10-20(21)22(4)12-8-7-9-19(22)3/h5-6,10-11,18-19H,7-9,12-17H2,1-4H3. The summed E-state index contributed by atoms with van der Waals surface area (Å²) in [6.07, 6.45) is 5.52. The fraction of sp³-hybridized carbons (Fsp3) is 0.727. The van der Waals surface area contributed by atoms with Crippen molar-refractivity contribution in [2.75, 3.05) is 37.6 Å². The lowest BCUT2D eigenvalue weighted by Crippen LogP contribution is -2.48. The molecule has 2 aliphatic rings. The minimum atomic E-state index is 0.351. The van der Waals surface area contributed by atoms with Crippen LogP contribution in [0.2, 0.25) is 0 Å². The molecule has 3 rings (SSSR count). The molecular formula is C22H36N2. The van der Waals surface area contributed by atoms with Gasteiger partial charge in [0.05, 0.1) is 0 Å². The minimum absolute atomic E-state index is 0.351. The number of rotatable bonds is 4. The van der Waals surface area contributed by atoms with Gasteiger partial charge in [-0.15, -0.1) is 0 Å². The van der Waals surface area contributed by atoms with Gasteiger partial charge in [0.2, 0.25) is 0 Å². The molecule has 24 heavy (non-hydrogen) atoms. The van der Waals surface area contributed by atoms with E-state index < -0.39 is 0 Å². The second-order valence-corrected chi connectivity index (χ2v) is 8.76. The summed E-state index contributed by atoms with van der Waals surface area (Å²) < 4.78 is 0. The van der Waals surface area contributed by atoms with Crippen LogP contribution in [0.5, 0.6) is 0 Å². The molecule has 2 atom stereocenters. The van der Waals surface area contributed by atoms with E-state index in [9.17, 15) is 0 Å². The first kappa shape index (κ1) is 17.8. The van der Waals surface area contributed by atoms with E-state index >= 15 is 0 Å². The molecule has 1 aromatic carbocycles. The van der Waals surface area contributed by atoms with Gasteiger partial charge in [-0.2, -0.15) is 0 Å². The number of hydrogen-bond acceptors (Lipinski definition) is 2. The maximum absolute atomic E-state index is 2.65. The predicted octanol–water partition coefficient (Wildman–Crippen LogP) is 4.93. The Labute approximate surface area is 149 Å². The van der Waals surface area contributed by atoms with Crippen molar-refractivity contribution < 1.29 is 0 Å². The molecule has 2 fully saturated rings. The zero-order chi connectivity index (χ0) is 17.2. The second-order valence-electron chi connectivity index (χ2n) is 8.76. The Kier molecular flexibility index (Phi) is 5.54. The van der Waals surface area contributed by atoms with Gasteiger partial charge in [-0.05, 0) is 41.7 Å². The van der Waals surface area contributed by atoms with Crippen LogP contribution in [0.1, 0.15) is 58.9 Å². The Morgan fingerprint density at radius 1 is 1.08 bits per heavy atom. The molecule has 0 bridgehead atoms. The van der Waals surface area contributed by atoms with E-state index in [-0.39, 0.29) is 0 Å². The van der Waals surface area contributed by atoms with Gasteiger partial charge in [-0.25, -0.2) is 0 Å². The van der Waals surface area contributed by atoms with Crippen LogP contribution >= 0.6 is 0 Å². The third-order valence-corrected chi connectivity index (χ3v) is 6.53. The molecule has 2 unspecified atom stereocenters. The molecule has 1 aliphatic heterocycles. The van der Waals surface area contributed by atoms with Crippen LogP contribution in [-0.4, -0.2) is 37.6 Å². The number of anilines is 1. The molecule has 0 amide bonds. The largest absolute Gasteiger partial charge is 0.369 e. The molecule has 0 aromatic heterocycles. The number of hydrogen-bond donors (Lipinski definition) is 0. The van der Waals surface area contributed by atoms with Crippen molar-refractivity contribution in [3.8, 4) is 0 Å². The van der Waals surface area contributed by atoms with Gasteiger partial charge in [-0.3, -0.25) is 4.90 Å². The molecule has 1 saturated heterocycles. The van der Waals surface area contributed by atoms with Crippen LogP contribution in [-0.2, 0) is 5.41 Å².